The molecule has 0 saturated carbocycles. The van der Waals surface area contributed by atoms with Crippen LogP contribution in [-0.4, -0.2) is 22.2 Å². The van der Waals surface area contributed by atoms with Crippen molar-refractivity contribution in [3.63, 3.8) is 0 Å². The number of aromatic nitrogens is 2. The minimum absolute atomic E-state index is 0.220. The van der Waals surface area contributed by atoms with Crippen molar-refractivity contribution in [2.45, 2.75) is 40.2 Å². The highest BCUT2D eigenvalue weighted by atomic mass is 32.1. The van der Waals surface area contributed by atoms with Gasteiger partial charge in [-0.3, -0.25) is 4.57 Å². The van der Waals surface area contributed by atoms with Gasteiger partial charge in [0.15, 0.2) is 0 Å². The number of rotatable bonds is 4. The van der Waals surface area contributed by atoms with Crippen molar-refractivity contribution in [2.24, 2.45) is 0 Å². The molecule has 0 aliphatic rings. The molecule has 1 atom stereocenters. The SMILES string of the molecule is Cc1ccc2c(P(C)(=O)OC(C)(C)C)c(-c3nc4ccccc4s3)c(=O)oc2c1.Cc1ccc2cc(-c3nc4ccccc4s3)c(=O)oc2c1. The molecule has 4 aromatic heterocycles. The van der Waals surface area contributed by atoms with Crippen LogP contribution in [-0.2, 0) is 9.09 Å². The lowest BCUT2D eigenvalue weighted by molar-refractivity contribution is 0.140. The van der Waals surface area contributed by atoms with Gasteiger partial charge in [0.2, 0.25) is 7.37 Å². The van der Waals surface area contributed by atoms with E-state index < -0.39 is 18.6 Å². The van der Waals surface area contributed by atoms with Gasteiger partial charge in [-0.15, -0.1) is 22.7 Å². The molecular weight excluding hydrogens is 688 g/mol. The fraction of sp³-hybridized carbons (Fsp3) is 0.179. The van der Waals surface area contributed by atoms with E-state index in [1.807, 2.05) is 120 Å². The number of para-hydroxylation sites is 2. The second kappa shape index (κ2) is 12.9. The topological polar surface area (TPSA) is 113 Å². The number of hydrogen-bond donors (Lipinski definition) is 0. The van der Waals surface area contributed by atoms with Crippen LogP contribution in [0.25, 0.3) is 63.5 Å². The maximum absolute atomic E-state index is 13.9. The van der Waals surface area contributed by atoms with Crippen molar-refractivity contribution in [1.29, 1.82) is 0 Å². The van der Waals surface area contributed by atoms with Gasteiger partial charge in [-0.05, 0) is 88.2 Å². The van der Waals surface area contributed by atoms with Gasteiger partial charge < -0.3 is 13.4 Å². The van der Waals surface area contributed by atoms with Crippen LogP contribution in [0, 0.1) is 13.8 Å². The Balaban J connectivity index is 0.000000165. The minimum Gasteiger partial charge on any atom is -0.422 e. The van der Waals surface area contributed by atoms with Crippen molar-refractivity contribution in [3.05, 3.63) is 123 Å². The Kier molecular flexibility index (Phi) is 8.68. The summed E-state index contributed by atoms with van der Waals surface area (Å²) in [7, 11) is -3.39. The standard InChI is InChI=1S/C22H22NO4PS.C17H11NO2S/c1-13-10-11-14-16(12-13)26-21(24)18(19(14)28(5,25)27-22(2,3)4)20-23-15-8-6-7-9-17(15)29-20;1-10-6-7-11-9-12(17(19)20-14(11)8-10)16-18-13-4-2-3-5-15(13)21-16/h6-12H,1-5H3;2-9H,1H3. The molecule has 4 heterocycles. The first-order chi connectivity index (χ1) is 23.8. The van der Waals surface area contributed by atoms with E-state index in [1.165, 1.54) is 22.7 Å². The molecule has 252 valence electrons. The zero-order chi connectivity index (χ0) is 35.4. The first kappa shape index (κ1) is 33.8. The molecule has 4 aromatic carbocycles. The van der Waals surface area contributed by atoms with Crippen LogP contribution < -0.4 is 16.6 Å². The summed E-state index contributed by atoms with van der Waals surface area (Å²) in [5.41, 5.74) is 3.90. The average Bonchev–Trinajstić information content (AvgIpc) is 3.67. The lowest BCUT2D eigenvalue weighted by Gasteiger charge is -2.26. The molecule has 0 bridgehead atoms. The highest BCUT2D eigenvalue weighted by Crippen LogP contribution is 2.49. The molecule has 50 heavy (non-hydrogen) atoms. The van der Waals surface area contributed by atoms with Gasteiger partial charge in [-0.25, -0.2) is 19.6 Å². The van der Waals surface area contributed by atoms with Crippen LogP contribution in [0.2, 0.25) is 0 Å². The maximum atomic E-state index is 13.9. The van der Waals surface area contributed by atoms with Crippen LogP contribution in [0.4, 0.5) is 0 Å². The Morgan fingerprint density at radius 2 is 1.26 bits per heavy atom. The molecule has 0 amide bonds. The van der Waals surface area contributed by atoms with Crippen molar-refractivity contribution >= 4 is 77.7 Å². The molecule has 0 saturated heterocycles. The molecule has 8 rings (SSSR count). The summed E-state index contributed by atoms with van der Waals surface area (Å²) in [4.78, 5) is 34.4. The monoisotopic (exact) mass is 720 g/mol. The van der Waals surface area contributed by atoms with Gasteiger partial charge in [0.05, 0.1) is 36.9 Å². The fourth-order valence-corrected chi connectivity index (χ4v) is 10.2. The predicted octanol–water partition coefficient (Wildman–Crippen LogP) is 10.1. The highest BCUT2D eigenvalue weighted by Gasteiger charge is 2.34. The number of nitrogens with zero attached hydrogens (tertiary/aromatic N) is 2. The number of benzene rings is 4. The first-order valence-electron chi connectivity index (χ1n) is 15.9. The Bertz CT molecular complexity index is 2690. The van der Waals surface area contributed by atoms with E-state index in [0.717, 1.165) is 36.9 Å². The third kappa shape index (κ3) is 6.72. The van der Waals surface area contributed by atoms with Crippen molar-refractivity contribution in [2.75, 3.05) is 6.66 Å². The number of thiazole rings is 2. The molecule has 8 nitrogen and oxygen atoms in total. The second-order valence-corrected chi connectivity index (χ2v) is 17.5. The Morgan fingerprint density at radius 1 is 0.700 bits per heavy atom. The number of hydrogen-bond acceptors (Lipinski definition) is 10. The van der Waals surface area contributed by atoms with Crippen molar-refractivity contribution in [1.82, 2.24) is 9.97 Å². The van der Waals surface area contributed by atoms with Crippen LogP contribution in [0.15, 0.2) is 109 Å². The van der Waals surface area contributed by atoms with E-state index in [1.54, 1.807) is 12.7 Å². The fourth-order valence-electron chi connectivity index (χ4n) is 5.80. The van der Waals surface area contributed by atoms with Crippen LogP contribution >= 0.6 is 30.0 Å². The Labute approximate surface area is 295 Å². The van der Waals surface area contributed by atoms with Gasteiger partial charge >= 0.3 is 11.3 Å². The second-order valence-electron chi connectivity index (χ2n) is 13.1. The van der Waals surface area contributed by atoms with E-state index in [0.29, 0.717) is 37.4 Å². The third-order valence-electron chi connectivity index (χ3n) is 7.81. The summed E-state index contributed by atoms with van der Waals surface area (Å²) < 4.78 is 32.9. The lowest BCUT2D eigenvalue weighted by Crippen LogP contribution is -2.25. The normalized spacial score (nSPS) is 13.1. The largest absolute Gasteiger partial charge is 0.422 e. The van der Waals surface area contributed by atoms with Gasteiger partial charge in [-0.2, -0.15) is 0 Å². The molecular formula is C39H33N2O6PS2. The molecule has 1 unspecified atom stereocenters. The maximum Gasteiger partial charge on any atom is 0.347 e. The predicted molar refractivity (Wildman–Crippen MR) is 206 cm³/mol. The molecule has 8 aromatic rings. The summed E-state index contributed by atoms with van der Waals surface area (Å²) in [5, 5.41) is 3.08. The van der Waals surface area contributed by atoms with Crippen molar-refractivity contribution in [3.8, 4) is 21.1 Å². The molecule has 0 aliphatic carbocycles. The van der Waals surface area contributed by atoms with Crippen LogP contribution in [0.1, 0.15) is 31.9 Å². The Hall–Kier alpha value is -4.73. The number of fused-ring (bicyclic) bond motifs is 4. The van der Waals surface area contributed by atoms with E-state index in [2.05, 4.69) is 9.97 Å². The Morgan fingerprint density at radius 3 is 1.90 bits per heavy atom. The lowest BCUT2D eigenvalue weighted by atomic mass is 10.1. The molecule has 0 spiro atoms. The van der Waals surface area contributed by atoms with Gasteiger partial charge in [0.1, 0.15) is 26.7 Å². The zero-order valence-electron chi connectivity index (χ0n) is 28.3. The molecule has 0 N–H and O–H groups in total. The summed E-state index contributed by atoms with van der Waals surface area (Å²) >= 11 is 2.88. The summed E-state index contributed by atoms with van der Waals surface area (Å²) in [6.07, 6.45) is 0. The van der Waals surface area contributed by atoms with Gasteiger partial charge in [0, 0.05) is 17.4 Å². The van der Waals surface area contributed by atoms with E-state index in [9.17, 15) is 14.2 Å². The molecule has 0 radical (unpaired) electrons. The minimum atomic E-state index is -3.39. The first-order valence-corrected chi connectivity index (χ1v) is 19.6. The molecule has 11 heteroatoms. The van der Waals surface area contributed by atoms with E-state index >= 15 is 0 Å². The summed E-state index contributed by atoms with van der Waals surface area (Å²) in [6, 6.07) is 28.7. The average molecular weight is 721 g/mol. The third-order valence-corrected chi connectivity index (χ3v) is 12.1. The van der Waals surface area contributed by atoms with Crippen LogP contribution in [0.3, 0.4) is 0 Å². The highest BCUT2D eigenvalue weighted by molar-refractivity contribution is 7.67. The van der Waals surface area contributed by atoms with Crippen LogP contribution in [0.5, 0.6) is 0 Å². The zero-order valence-corrected chi connectivity index (χ0v) is 30.8. The quantitative estimate of drug-likeness (QED) is 0.130. The van der Waals surface area contributed by atoms with Gasteiger partial charge in [-0.1, -0.05) is 48.5 Å². The van der Waals surface area contributed by atoms with Gasteiger partial charge in [0.25, 0.3) is 0 Å². The van der Waals surface area contributed by atoms with E-state index in [-0.39, 0.29) is 11.2 Å². The summed E-state index contributed by atoms with van der Waals surface area (Å²) in [5.74, 6) is 0. The number of aryl methyl sites for hydroxylation is 2. The summed E-state index contributed by atoms with van der Waals surface area (Å²) in [6.45, 7) is 11.0. The molecule has 0 aliphatic heterocycles. The smallest absolute Gasteiger partial charge is 0.347 e. The van der Waals surface area contributed by atoms with E-state index in [4.69, 9.17) is 13.4 Å². The van der Waals surface area contributed by atoms with Crippen molar-refractivity contribution < 1.29 is 17.9 Å². The molecule has 0 fully saturated rings.